The molecular weight excluding hydrogens is 236 g/mol. The maximum absolute atomic E-state index is 10.5. The van der Waals surface area contributed by atoms with Crippen LogP contribution < -0.4 is 11.1 Å². The smallest absolute Gasteiger partial charge is 0.243 e. The lowest BCUT2D eigenvalue weighted by Crippen LogP contribution is -2.27. The lowest BCUT2D eigenvalue weighted by Gasteiger charge is -2.12. The van der Waals surface area contributed by atoms with Gasteiger partial charge in [0.2, 0.25) is 5.91 Å². The Morgan fingerprint density at radius 1 is 1.53 bits per heavy atom. The first kappa shape index (κ1) is 12.4. The van der Waals surface area contributed by atoms with Crippen LogP contribution in [0.2, 0.25) is 0 Å². The van der Waals surface area contributed by atoms with Crippen molar-refractivity contribution < 1.29 is 9.53 Å². The fourth-order valence-electron chi connectivity index (χ4n) is 1.81. The molecule has 0 saturated carbocycles. The van der Waals surface area contributed by atoms with Gasteiger partial charge >= 0.3 is 0 Å². The molecule has 17 heavy (non-hydrogen) atoms. The van der Waals surface area contributed by atoms with E-state index in [1.807, 2.05) is 11.8 Å². The second-order valence-corrected chi connectivity index (χ2v) is 4.94. The van der Waals surface area contributed by atoms with Crippen LogP contribution in [0.5, 0.6) is 0 Å². The van der Waals surface area contributed by atoms with E-state index in [0.717, 1.165) is 12.3 Å². The zero-order valence-electron chi connectivity index (χ0n) is 9.52. The maximum atomic E-state index is 10.5. The van der Waals surface area contributed by atoms with Crippen molar-refractivity contribution in [3.05, 3.63) is 29.8 Å². The van der Waals surface area contributed by atoms with Crippen LogP contribution in [-0.2, 0) is 9.53 Å². The van der Waals surface area contributed by atoms with Crippen LogP contribution >= 0.6 is 11.8 Å². The highest BCUT2D eigenvalue weighted by Gasteiger charge is 2.21. The van der Waals surface area contributed by atoms with Crippen LogP contribution in [0.1, 0.15) is 11.6 Å². The third-order valence-corrected chi connectivity index (χ3v) is 3.76. The molecule has 1 amide bonds. The molecule has 0 aromatic heterocycles. The summed E-state index contributed by atoms with van der Waals surface area (Å²) in [7, 11) is 0. The number of rotatable bonds is 6. The molecular formula is C12H16N2O2S. The van der Waals surface area contributed by atoms with Crippen LogP contribution in [0, 0.1) is 0 Å². The summed E-state index contributed by atoms with van der Waals surface area (Å²) < 4.78 is 5.10. The van der Waals surface area contributed by atoms with Gasteiger partial charge in [-0.2, -0.15) is 0 Å². The lowest BCUT2D eigenvalue weighted by molar-refractivity contribution is -0.122. The van der Waals surface area contributed by atoms with E-state index in [0.29, 0.717) is 12.6 Å². The summed E-state index contributed by atoms with van der Waals surface area (Å²) in [6.07, 6.45) is 0. The Balaban J connectivity index is 1.73. The van der Waals surface area contributed by atoms with Crippen LogP contribution in [0.3, 0.4) is 0 Å². The van der Waals surface area contributed by atoms with E-state index in [2.05, 4.69) is 29.6 Å². The molecule has 0 saturated heterocycles. The van der Waals surface area contributed by atoms with Gasteiger partial charge in [-0.3, -0.25) is 4.79 Å². The minimum absolute atomic E-state index is 0.00230. The van der Waals surface area contributed by atoms with E-state index in [1.54, 1.807) is 0 Å². The van der Waals surface area contributed by atoms with Gasteiger partial charge in [0.05, 0.1) is 6.61 Å². The molecule has 0 radical (unpaired) electrons. The topological polar surface area (TPSA) is 64.4 Å². The Morgan fingerprint density at radius 2 is 2.35 bits per heavy atom. The van der Waals surface area contributed by atoms with Gasteiger partial charge in [-0.25, -0.2) is 0 Å². The summed E-state index contributed by atoms with van der Waals surface area (Å²) >= 11 is 1.87. The average Bonchev–Trinajstić information content (AvgIpc) is 2.72. The van der Waals surface area contributed by atoms with Crippen molar-refractivity contribution in [2.45, 2.75) is 10.9 Å². The third-order valence-electron chi connectivity index (χ3n) is 2.58. The van der Waals surface area contributed by atoms with Crippen LogP contribution in [0.25, 0.3) is 0 Å². The lowest BCUT2D eigenvalue weighted by atomic mass is 10.1. The molecule has 1 aromatic carbocycles. The number of hydrogen-bond donors (Lipinski definition) is 2. The Bertz CT molecular complexity index is 398. The number of benzene rings is 1. The Kier molecular flexibility index (Phi) is 4.42. The van der Waals surface area contributed by atoms with E-state index in [-0.39, 0.29) is 6.61 Å². The van der Waals surface area contributed by atoms with Crippen LogP contribution in [0.4, 0.5) is 0 Å². The van der Waals surface area contributed by atoms with Gasteiger partial charge in [0.15, 0.2) is 0 Å². The fraction of sp³-hybridized carbons (Fsp3) is 0.417. The molecule has 1 unspecified atom stereocenters. The van der Waals surface area contributed by atoms with Crippen molar-refractivity contribution in [3.8, 4) is 0 Å². The predicted molar refractivity (Wildman–Crippen MR) is 67.9 cm³/mol. The van der Waals surface area contributed by atoms with Crippen molar-refractivity contribution in [2.75, 3.05) is 25.5 Å². The first-order valence-corrected chi connectivity index (χ1v) is 6.57. The number of hydrogen-bond acceptors (Lipinski definition) is 4. The second kappa shape index (κ2) is 6.05. The highest BCUT2D eigenvalue weighted by atomic mass is 32.2. The van der Waals surface area contributed by atoms with E-state index in [4.69, 9.17) is 10.5 Å². The minimum atomic E-state index is -0.424. The highest BCUT2D eigenvalue weighted by molar-refractivity contribution is 7.99. The molecule has 4 nitrogen and oxygen atoms in total. The van der Waals surface area contributed by atoms with Crippen LogP contribution in [0.15, 0.2) is 29.2 Å². The molecule has 1 atom stereocenters. The van der Waals surface area contributed by atoms with Crippen LogP contribution in [-0.4, -0.2) is 31.4 Å². The first-order chi connectivity index (χ1) is 8.27. The largest absolute Gasteiger partial charge is 0.370 e. The molecule has 3 N–H and O–H groups in total. The number of primary amides is 1. The molecule has 0 fully saturated rings. The number of carbonyl (C=O) groups is 1. The minimum Gasteiger partial charge on any atom is -0.370 e. The molecule has 0 bridgehead atoms. The summed E-state index contributed by atoms with van der Waals surface area (Å²) in [4.78, 5) is 11.8. The van der Waals surface area contributed by atoms with E-state index < -0.39 is 5.91 Å². The molecule has 1 aliphatic heterocycles. The molecule has 92 valence electrons. The summed E-state index contributed by atoms with van der Waals surface area (Å²) in [6, 6.07) is 8.80. The Hall–Kier alpha value is -1.04. The van der Waals surface area contributed by atoms with E-state index in [1.165, 1.54) is 10.5 Å². The second-order valence-electron chi connectivity index (χ2n) is 3.87. The molecule has 0 aliphatic carbocycles. The molecule has 5 heteroatoms. The summed E-state index contributed by atoms with van der Waals surface area (Å²) in [6.45, 7) is 1.23. The number of nitrogens with one attached hydrogen (secondary N) is 1. The number of fused-ring (bicyclic) bond motifs is 1. The van der Waals surface area contributed by atoms with Crippen molar-refractivity contribution in [1.29, 1.82) is 0 Å². The molecule has 0 spiro atoms. The van der Waals surface area contributed by atoms with Gasteiger partial charge in [-0.15, -0.1) is 11.8 Å². The van der Waals surface area contributed by atoms with Gasteiger partial charge in [0.25, 0.3) is 0 Å². The number of carbonyl (C=O) groups excluding carboxylic acids is 1. The molecule has 1 aliphatic rings. The van der Waals surface area contributed by atoms with Gasteiger partial charge in [-0.05, 0) is 11.6 Å². The van der Waals surface area contributed by atoms with Crippen molar-refractivity contribution >= 4 is 17.7 Å². The summed E-state index contributed by atoms with van der Waals surface area (Å²) in [5.74, 6) is 0.626. The molecule has 1 heterocycles. The standard InChI is InChI=1S/C12H16N2O2S/c13-12(15)7-16-6-5-14-10-8-17-11-4-2-1-3-9(10)11/h1-4,10,14H,5-8H2,(H2,13,15). The summed E-state index contributed by atoms with van der Waals surface area (Å²) in [5, 5.41) is 3.41. The monoisotopic (exact) mass is 252 g/mol. The van der Waals surface area contributed by atoms with Gasteiger partial charge < -0.3 is 15.8 Å². The first-order valence-electron chi connectivity index (χ1n) is 5.58. The average molecular weight is 252 g/mol. The van der Waals surface area contributed by atoms with Gasteiger partial charge in [-0.1, -0.05) is 18.2 Å². The Morgan fingerprint density at radius 3 is 3.18 bits per heavy atom. The normalized spacial score (nSPS) is 18.0. The van der Waals surface area contributed by atoms with Gasteiger partial charge in [0.1, 0.15) is 6.61 Å². The maximum Gasteiger partial charge on any atom is 0.243 e. The highest BCUT2D eigenvalue weighted by Crippen LogP contribution is 2.37. The van der Waals surface area contributed by atoms with Crippen molar-refractivity contribution in [1.82, 2.24) is 5.32 Å². The summed E-state index contributed by atoms with van der Waals surface area (Å²) in [5.41, 5.74) is 6.33. The quantitative estimate of drug-likeness (QED) is 0.739. The van der Waals surface area contributed by atoms with E-state index >= 15 is 0 Å². The third kappa shape index (κ3) is 3.46. The fourth-order valence-corrected chi connectivity index (χ4v) is 3.01. The Labute approximate surface area is 105 Å². The number of thioether (sulfide) groups is 1. The van der Waals surface area contributed by atoms with Crippen molar-refractivity contribution in [2.24, 2.45) is 5.73 Å². The van der Waals surface area contributed by atoms with Crippen molar-refractivity contribution in [3.63, 3.8) is 0 Å². The molecule has 2 rings (SSSR count). The zero-order valence-corrected chi connectivity index (χ0v) is 10.3. The number of amides is 1. The predicted octanol–water partition coefficient (Wildman–Crippen LogP) is 0.925. The zero-order chi connectivity index (χ0) is 12.1. The SMILES string of the molecule is NC(=O)COCCNC1CSc2ccccc21. The van der Waals surface area contributed by atoms with Gasteiger partial charge in [0, 0.05) is 23.2 Å². The number of ether oxygens (including phenoxy) is 1. The number of nitrogens with two attached hydrogens (primary N) is 1. The molecule has 1 aromatic rings. The van der Waals surface area contributed by atoms with E-state index in [9.17, 15) is 4.79 Å².